The Hall–Kier alpha value is -3.96. The summed E-state index contributed by atoms with van der Waals surface area (Å²) in [5, 5.41) is 5.82. The van der Waals surface area contributed by atoms with Gasteiger partial charge in [0.1, 0.15) is 11.2 Å². The van der Waals surface area contributed by atoms with Gasteiger partial charge in [-0.1, -0.05) is 54.6 Å². The molecule has 0 fully saturated rings. The molecule has 6 aromatic rings. The zero-order valence-corrected chi connectivity index (χ0v) is 18.4. The van der Waals surface area contributed by atoms with Gasteiger partial charge >= 0.3 is 6.98 Å². The van der Waals surface area contributed by atoms with E-state index in [1.807, 2.05) is 23.5 Å². The molecule has 0 unspecified atom stereocenters. The van der Waals surface area contributed by atoms with Crippen LogP contribution in [0.5, 0.6) is 0 Å². The van der Waals surface area contributed by atoms with Crippen LogP contribution in [0, 0.1) is 0 Å². The molecule has 0 aliphatic carbocycles. The van der Waals surface area contributed by atoms with Crippen molar-refractivity contribution >= 4 is 67.8 Å². The number of hydrogen-bond acceptors (Lipinski definition) is 4. The van der Waals surface area contributed by atoms with Gasteiger partial charge < -0.3 is 14.0 Å². The first-order valence-electron chi connectivity index (χ1n) is 11.1. The van der Waals surface area contributed by atoms with Crippen molar-refractivity contribution in [3.05, 3.63) is 102 Å². The molecule has 4 aromatic carbocycles. The van der Waals surface area contributed by atoms with Crippen molar-refractivity contribution in [3.8, 4) is 11.1 Å². The zero-order chi connectivity index (χ0) is 21.5. The number of rotatable bonds is 1. The normalized spacial score (nSPS) is 13.9. The van der Waals surface area contributed by atoms with Crippen molar-refractivity contribution < 1.29 is 4.42 Å². The molecule has 0 radical (unpaired) electrons. The zero-order valence-electron chi connectivity index (χ0n) is 17.6. The van der Waals surface area contributed by atoms with Crippen LogP contribution in [-0.2, 0) is 0 Å². The first kappa shape index (κ1) is 17.6. The van der Waals surface area contributed by atoms with Gasteiger partial charge in [-0.3, -0.25) is 0 Å². The summed E-state index contributed by atoms with van der Waals surface area (Å²) < 4.78 is 6.11. The van der Waals surface area contributed by atoms with Gasteiger partial charge in [0.05, 0.1) is 16.4 Å². The number of hydrogen-bond donors (Lipinski definition) is 0. The Labute approximate surface area is 195 Å². The maximum Gasteiger partial charge on any atom is 0.422 e. The number of thiophene rings is 1. The fraction of sp³-hybridized carbons (Fsp3) is 0. The molecular formula is C28H17BN2OS. The van der Waals surface area contributed by atoms with Gasteiger partial charge in [-0.05, 0) is 58.9 Å². The lowest BCUT2D eigenvalue weighted by Crippen LogP contribution is -2.55. The van der Waals surface area contributed by atoms with Crippen LogP contribution in [0.3, 0.4) is 0 Å². The fourth-order valence-corrected chi connectivity index (χ4v) is 6.50. The minimum absolute atomic E-state index is 0.0698. The Bertz CT molecular complexity index is 1720. The maximum atomic E-state index is 6.11. The predicted octanol–water partition coefficient (Wildman–Crippen LogP) is 7.31. The molecule has 0 saturated carbocycles. The topological polar surface area (TPSA) is 19.6 Å². The summed E-state index contributed by atoms with van der Waals surface area (Å²) in [7, 11) is 0. The van der Waals surface area contributed by atoms with Crippen molar-refractivity contribution in [2.45, 2.75) is 0 Å². The highest BCUT2D eigenvalue weighted by atomic mass is 32.1. The lowest BCUT2D eigenvalue weighted by Gasteiger charge is -2.34. The third kappa shape index (κ3) is 2.25. The van der Waals surface area contributed by atoms with Crippen LogP contribution in [0.15, 0.2) is 107 Å². The molecule has 5 heteroatoms. The van der Waals surface area contributed by atoms with E-state index in [1.54, 1.807) is 0 Å². The molecule has 0 spiro atoms. The van der Waals surface area contributed by atoms with Crippen LogP contribution in [0.1, 0.15) is 0 Å². The summed E-state index contributed by atoms with van der Waals surface area (Å²) in [4.78, 5) is 4.99. The summed E-state index contributed by atoms with van der Waals surface area (Å²) in [6.07, 6.45) is 0. The highest BCUT2D eigenvalue weighted by Gasteiger charge is 2.48. The van der Waals surface area contributed by atoms with Gasteiger partial charge in [0.25, 0.3) is 0 Å². The second-order valence-electron chi connectivity index (χ2n) is 8.61. The molecule has 3 nitrogen and oxygen atoms in total. The molecule has 0 amide bonds. The fourth-order valence-electron chi connectivity index (χ4n) is 5.55. The monoisotopic (exact) mass is 440 g/mol. The molecule has 33 heavy (non-hydrogen) atoms. The van der Waals surface area contributed by atoms with E-state index in [1.165, 1.54) is 38.7 Å². The van der Waals surface area contributed by atoms with Gasteiger partial charge in [-0.25, -0.2) is 0 Å². The molecule has 0 bridgehead atoms. The van der Waals surface area contributed by atoms with Crippen molar-refractivity contribution in [2.75, 3.05) is 9.62 Å². The predicted molar refractivity (Wildman–Crippen MR) is 140 cm³/mol. The average molecular weight is 440 g/mol. The minimum atomic E-state index is 0.0698. The van der Waals surface area contributed by atoms with Crippen LogP contribution < -0.4 is 15.1 Å². The molecule has 154 valence electrons. The molecule has 2 aromatic heterocycles. The Morgan fingerprint density at radius 2 is 1.39 bits per heavy atom. The van der Waals surface area contributed by atoms with E-state index >= 15 is 0 Å². The average Bonchev–Trinajstić information content (AvgIpc) is 3.57. The summed E-state index contributed by atoms with van der Waals surface area (Å²) >= 11 is 1.82. The molecule has 0 N–H and O–H groups in total. The van der Waals surface area contributed by atoms with Gasteiger partial charge in [0, 0.05) is 22.0 Å². The van der Waals surface area contributed by atoms with Crippen LogP contribution in [0.4, 0.5) is 22.1 Å². The van der Waals surface area contributed by atoms with E-state index in [2.05, 4.69) is 99.9 Å². The maximum absolute atomic E-state index is 6.11. The summed E-state index contributed by atoms with van der Waals surface area (Å²) in [6, 6.07) is 34.7. The second kappa shape index (κ2) is 6.30. The van der Waals surface area contributed by atoms with Crippen molar-refractivity contribution in [2.24, 2.45) is 0 Å². The first-order chi connectivity index (χ1) is 16.4. The molecule has 0 saturated heterocycles. The van der Waals surface area contributed by atoms with Gasteiger partial charge in [0.15, 0.2) is 0 Å². The number of nitrogens with zero attached hydrogens (tertiary/aromatic N) is 2. The molecular weight excluding hydrogens is 423 g/mol. The van der Waals surface area contributed by atoms with Gasteiger partial charge in [-0.2, -0.15) is 0 Å². The van der Waals surface area contributed by atoms with Crippen LogP contribution in [-0.4, -0.2) is 6.98 Å². The highest BCUT2D eigenvalue weighted by Crippen LogP contribution is 2.52. The number of furan rings is 1. The lowest BCUT2D eigenvalue weighted by atomic mass is 9.60. The van der Waals surface area contributed by atoms with Crippen LogP contribution >= 0.6 is 11.3 Å². The van der Waals surface area contributed by atoms with E-state index < -0.39 is 0 Å². The molecule has 2 aliphatic rings. The number of anilines is 4. The Morgan fingerprint density at radius 3 is 2.33 bits per heavy atom. The number of para-hydroxylation sites is 3. The van der Waals surface area contributed by atoms with Crippen molar-refractivity contribution in [3.63, 3.8) is 0 Å². The number of fused-ring (bicyclic) bond motifs is 11. The van der Waals surface area contributed by atoms with Crippen molar-refractivity contribution in [1.82, 2.24) is 0 Å². The lowest BCUT2D eigenvalue weighted by molar-refractivity contribution is 0.669. The van der Waals surface area contributed by atoms with Gasteiger partial charge in [0.2, 0.25) is 0 Å². The number of benzene rings is 4. The third-order valence-electron chi connectivity index (χ3n) is 6.92. The van der Waals surface area contributed by atoms with E-state index in [0.29, 0.717) is 0 Å². The minimum Gasteiger partial charge on any atom is -0.456 e. The summed E-state index contributed by atoms with van der Waals surface area (Å²) in [5.74, 6) is 0. The second-order valence-corrected chi connectivity index (χ2v) is 9.50. The van der Waals surface area contributed by atoms with Gasteiger partial charge in [-0.15, -0.1) is 11.3 Å². The van der Waals surface area contributed by atoms with E-state index in [-0.39, 0.29) is 6.98 Å². The Kier molecular flexibility index (Phi) is 3.36. The Balaban J connectivity index is 1.42. The Morgan fingerprint density at radius 1 is 0.636 bits per heavy atom. The highest BCUT2D eigenvalue weighted by molar-refractivity contribution is 7.16. The van der Waals surface area contributed by atoms with E-state index in [0.717, 1.165) is 21.9 Å². The third-order valence-corrected chi connectivity index (χ3v) is 7.83. The molecule has 0 atom stereocenters. The molecule has 2 aliphatic heterocycles. The van der Waals surface area contributed by atoms with Crippen LogP contribution in [0.2, 0.25) is 0 Å². The smallest absolute Gasteiger partial charge is 0.422 e. The summed E-state index contributed by atoms with van der Waals surface area (Å²) in [6.45, 7) is 0.0698. The first-order valence-corrected chi connectivity index (χ1v) is 12.0. The SMILES string of the molecule is c1ccc2c(c1)B1N(c3ccc4oc5ccccc5c4c3)c3ccccc3N1c1sccc1-2. The largest absolute Gasteiger partial charge is 0.456 e. The van der Waals surface area contributed by atoms with Crippen LogP contribution in [0.25, 0.3) is 33.1 Å². The summed E-state index contributed by atoms with van der Waals surface area (Å²) in [5.41, 5.74) is 9.47. The van der Waals surface area contributed by atoms with E-state index in [9.17, 15) is 0 Å². The van der Waals surface area contributed by atoms with E-state index in [4.69, 9.17) is 4.42 Å². The van der Waals surface area contributed by atoms with Crippen molar-refractivity contribution in [1.29, 1.82) is 0 Å². The standard InChI is InChI=1S/C28H17BN2OS/c1-3-9-23-19(7-1)21-15-16-33-28(21)31-25-11-5-4-10-24(25)30(29(23)31)18-13-14-27-22(17-18)20-8-2-6-12-26(20)32-27/h1-17H. The molecule has 8 rings (SSSR count). The molecule has 4 heterocycles. The quantitative estimate of drug-likeness (QED) is 0.250.